The summed E-state index contributed by atoms with van der Waals surface area (Å²) < 4.78 is 10.9. The highest BCUT2D eigenvalue weighted by Crippen LogP contribution is 2.43. The van der Waals surface area contributed by atoms with Gasteiger partial charge in [0.15, 0.2) is 0 Å². The van der Waals surface area contributed by atoms with Crippen molar-refractivity contribution >= 4 is 17.4 Å². The Kier molecular flexibility index (Phi) is 7.36. The molecule has 3 aromatic rings. The number of aryl methyl sites for hydroxylation is 2. The van der Waals surface area contributed by atoms with Crippen LogP contribution < -0.4 is 9.47 Å². The molecule has 198 valence electrons. The molecule has 4 rings (SSSR count). The van der Waals surface area contributed by atoms with Crippen LogP contribution in [0.5, 0.6) is 11.5 Å². The molecule has 1 saturated heterocycles. The highest BCUT2D eigenvalue weighted by Gasteiger charge is 2.46. The van der Waals surface area contributed by atoms with E-state index in [4.69, 9.17) is 9.47 Å². The number of ketones is 1. The molecule has 1 fully saturated rings. The monoisotopic (exact) mass is 513 g/mol. The van der Waals surface area contributed by atoms with E-state index < -0.39 is 17.7 Å². The van der Waals surface area contributed by atoms with E-state index in [1.54, 1.807) is 13.2 Å². The van der Waals surface area contributed by atoms with Gasteiger partial charge in [0.1, 0.15) is 17.3 Å². The molecule has 6 heteroatoms. The van der Waals surface area contributed by atoms with E-state index in [0.29, 0.717) is 17.1 Å². The number of carbonyl (C=O) groups excluding carboxylic acids is 2. The summed E-state index contributed by atoms with van der Waals surface area (Å²) in [6, 6.07) is 18.2. The molecule has 1 atom stereocenters. The zero-order chi connectivity index (χ0) is 27.8. The summed E-state index contributed by atoms with van der Waals surface area (Å²) in [5, 5.41) is 11.6. The number of hydrogen-bond donors (Lipinski definition) is 1. The van der Waals surface area contributed by atoms with Crippen molar-refractivity contribution in [2.45, 2.75) is 52.6 Å². The summed E-state index contributed by atoms with van der Waals surface area (Å²) in [6.45, 7) is 10.4. The molecule has 1 aliphatic rings. The molecule has 38 heavy (non-hydrogen) atoms. The van der Waals surface area contributed by atoms with E-state index in [2.05, 4.69) is 20.8 Å². The first kappa shape index (κ1) is 27.0. The molecule has 1 heterocycles. The zero-order valence-corrected chi connectivity index (χ0v) is 23.1. The van der Waals surface area contributed by atoms with Crippen LogP contribution in [0.25, 0.3) is 5.76 Å². The molecule has 6 nitrogen and oxygen atoms in total. The molecule has 0 aliphatic carbocycles. The van der Waals surface area contributed by atoms with Crippen LogP contribution in [0, 0.1) is 13.8 Å². The van der Waals surface area contributed by atoms with Gasteiger partial charge in [-0.1, -0.05) is 63.2 Å². The first-order valence-corrected chi connectivity index (χ1v) is 12.6. The topological polar surface area (TPSA) is 76.1 Å². The molecule has 1 unspecified atom stereocenters. The Morgan fingerprint density at radius 3 is 2.11 bits per heavy atom. The van der Waals surface area contributed by atoms with Crippen molar-refractivity contribution in [3.63, 3.8) is 0 Å². The van der Waals surface area contributed by atoms with Gasteiger partial charge in [-0.15, -0.1) is 0 Å². The first-order valence-electron chi connectivity index (χ1n) is 12.6. The summed E-state index contributed by atoms with van der Waals surface area (Å²) in [5.74, 6) is -0.449. The van der Waals surface area contributed by atoms with Crippen LogP contribution in [0.15, 0.2) is 66.2 Å². The van der Waals surface area contributed by atoms with E-state index in [1.807, 2.05) is 68.4 Å². The lowest BCUT2D eigenvalue weighted by Gasteiger charge is -2.27. The van der Waals surface area contributed by atoms with Crippen LogP contribution in [-0.2, 0) is 21.5 Å². The first-order chi connectivity index (χ1) is 18.0. The van der Waals surface area contributed by atoms with Gasteiger partial charge >= 0.3 is 0 Å². The third kappa shape index (κ3) is 5.03. The Morgan fingerprint density at radius 1 is 0.921 bits per heavy atom. The number of hydrogen-bond acceptors (Lipinski definition) is 5. The Labute approximate surface area is 224 Å². The lowest BCUT2D eigenvalue weighted by atomic mass is 9.85. The number of benzene rings is 3. The minimum absolute atomic E-state index is 0.0512. The van der Waals surface area contributed by atoms with Gasteiger partial charge in [0.05, 0.1) is 31.4 Å². The Morgan fingerprint density at radius 2 is 1.55 bits per heavy atom. The standard InChI is InChI=1S/C32H35NO5/c1-19-16-20(2)30(38-7)25(17-19)28(34)26-27(22-10-12-23(13-11-22)32(3,4)5)33(31(36)29(26)35)18-21-8-14-24(37-6)15-9-21/h8-17,27,34H,18H2,1-7H3/b28-26+. The number of likely N-dealkylation sites (tertiary alicyclic amines) is 1. The van der Waals surface area contributed by atoms with Gasteiger partial charge in [0.25, 0.3) is 11.7 Å². The van der Waals surface area contributed by atoms with Gasteiger partial charge in [0.2, 0.25) is 0 Å². The largest absolute Gasteiger partial charge is 0.507 e. The highest BCUT2D eigenvalue weighted by atomic mass is 16.5. The number of aliphatic hydroxyl groups excluding tert-OH is 1. The Hall–Kier alpha value is -4.06. The average Bonchev–Trinajstić information content (AvgIpc) is 3.12. The zero-order valence-electron chi connectivity index (χ0n) is 23.1. The molecular formula is C32H35NO5. The summed E-state index contributed by atoms with van der Waals surface area (Å²) in [4.78, 5) is 28.5. The molecule has 1 N–H and O–H groups in total. The van der Waals surface area contributed by atoms with Crippen molar-refractivity contribution in [1.29, 1.82) is 0 Å². The van der Waals surface area contributed by atoms with Crippen molar-refractivity contribution in [1.82, 2.24) is 4.90 Å². The number of amides is 1. The lowest BCUT2D eigenvalue weighted by molar-refractivity contribution is -0.140. The van der Waals surface area contributed by atoms with Gasteiger partial charge in [0, 0.05) is 6.54 Å². The molecule has 0 bridgehead atoms. The van der Waals surface area contributed by atoms with Crippen molar-refractivity contribution in [2.24, 2.45) is 0 Å². The normalized spacial score (nSPS) is 17.1. The second kappa shape index (κ2) is 10.4. The molecule has 1 aliphatic heterocycles. The van der Waals surface area contributed by atoms with Crippen LogP contribution in [0.1, 0.15) is 60.2 Å². The number of rotatable bonds is 6. The molecule has 3 aromatic carbocycles. The summed E-state index contributed by atoms with van der Waals surface area (Å²) in [7, 11) is 3.12. The fourth-order valence-corrected chi connectivity index (χ4v) is 5.03. The minimum Gasteiger partial charge on any atom is -0.507 e. The smallest absolute Gasteiger partial charge is 0.295 e. The van der Waals surface area contributed by atoms with Crippen molar-refractivity contribution in [3.05, 3.63) is 99.6 Å². The van der Waals surface area contributed by atoms with Gasteiger partial charge in [-0.05, 0) is 65.3 Å². The molecule has 0 aromatic heterocycles. The molecule has 0 radical (unpaired) electrons. The highest BCUT2D eigenvalue weighted by molar-refractivity contribution is 6.46. The van der Waals surface area contributed by atoms with E-state index in [9.17, 15) is 14.7 Å². The number of ether oxygens (including phenoxy) is 2. The van der Waals surface area contributed by atoms with Gasteiger partial charge in [-0.3, -0.25) is 9.59 Å². The van der Waals surface area contributed by atoms with Crippen LogP contribution in [0.3, 0.4) is 0 Å². The maximum Gasteiger partial charge on any atom is 0.295 e. The van der Waals surface area contributed by atoms with Crippen molar-refractivity contribution in [2.75, 3.05) is 14.2 Å². The number of nitrogens with zero attached hydrogens (tertiary/aromatic N) is 1. The quantitative estimate of drug-likeness (QED) is 0.240. The Balaban J connectivity index is 1.90. The summed E-state index contributed by atoms with van der Waals surface area (Å²) >= 11 is 0. The van der Waals surface area contributed by atoms with E-state index >= 15 is 0 Å². The maximum absolute atomic E-state index is 13.5. The van der Waals surface area contributed by atoms with E-state index in [1.165, 1.54) is 12.0 Å². The van der Waals surface area contributed by atoms with Crippen molar-refractivity contribution < 1.29 is 24.2 Å². The van der Waals surface area contributed by atoms with Gasteiger partial charge in [-0.25, -0.2) is 0 Å². The number of Topliss-reactive ketones (excluding diaryl/α,β-unsaturated/α-hetero) is 1. The second-order valence-electron chi connectivity index (χ2n) is 10.8. The molecule has 1 amide bonds. The average molecular weight is 514 g/mol. The van der Waals surface area contributed by atoms with Crippen LogP contribution in [0.2, 0.25) is 0 Å². The summed E-state index contributed by atoms with van der Waals surface area (Å²) in [5.41, 5.74) is 4.83. The third-order valence-electron chi connectivity index (χ3n) is 7.02. The second-order valence-corrected chi connectivity index (χ2v) is 10.8. The summed E-state index contributed by atoms with van der Waals surface area (Å²) in [6.07, 6.45) is 0. The number of aliphatic hydroxyl groups is 1. The van der Waals surface area contributed by atoms with E-state index in [0.717, 1.165) is 27.8 Å². The van der Waals surface area contributed by atoms with Gasteiger partial charge < -0.3 is 19.5 Å². The predicted molar refractivity (Wildman–Crippen MR) is 148 cm³/mol. The fourth-order valence-electron chi connectivity index (χ4n) is 5.03. The minimum atomic E-state index is -0.767. The van der Waals surface area contributed by atoms with Gasteiger partial charge in [-0.2, -0.15) is 0 Å². The van der Waals surface area contributed by atoms with Crippen LogP contribution in [0.4, 0.5) is 0 Å². The molecule has 0 saturated carbocycles. The number of carbonyl (C=O) groups is 2. The fraction of sp³-hybridized carbons (Fsp3) is 0.312. The van der Waals surface area contributed by atoms with Crippen LogP contribution in [-0.4, -0.2) is 35.9 Å². The molecule has 0 spiro atoms. The van der Waals surface area contributed by atoms with Crippen LogP contribution >= 0.6 is 0 Å². The number of methoxy groups -OCH3 is 2. The predicted octanol–water partition coefficient (Wildman–Crippen LogP) is 6.24. The lowest BCUT2D eigenvalue weighted by Crippen LogP contribution is -2.29. The third-order valence-corrected chi connectivity index (χ3v) is 7.02. The Bertz CT molecular complexity index is 1400. The maximum atomic E-state index is 13.5. The van der Waals surface area contributed by atoms with E-state index in [-0.39, 0.29) is 23.3 Å². The molecular weight excluding hydrogens is 478 g/mol. The SMILES string of the molecule is COc1ccc(CN2C(=O)C(=O)/C(=C(/O)c3cc(C)cc(C)c3OC)C2c2ccc(C(C)(C)C)cc2)cc1. The van der Waals surface area contributed by atoms with Crippen molar-refractivity contribution in [3.8, 4) is 11.5 Å².